The normalized spacial score (nSPS) is 10.2. The highest BCUT2D eigenvalue weighted by atomic mass is 15.1. The molecular weight excluding hydrogens is 158 g/mol. The molecule has 0 aliphatic rings. The van der Waals surface area contributed by atoms with Crippen LogP contribution in [0.15, 0.2) is 0 Å². The van der Waals surface area contributed by atoms with Crippen molar-refractivity contribution in [2.45, 2.75) is 54.4 Å². The van der Waals surface area contributed by atoms with Crippen LogP contribution < -0.4 is 0 Å². The van der Waals surface area contributed by atoms with Crippen LogP contribution in [-0.4, -0.2) is 24.5 Å². The Morgan fingerprint density at radius 3 is 1.54 bits per heavy atom. The van der Waals surface area contributed by atoms with Gasteiger partial charge in [0.1, 0.15) is 0 Å². The second-order valence-electron chi connectivity index (χ2n) is 3.69. The van der Waals surface area contributed by atoms with Gasteiger partial charge in [0.05, 0.1) is 0 Å². The molecule has 0 heterocycles. The molecular formula is C12H29N. The number of hydrogen-bond acceptors (Lipinski definition) is 1. The molecule has 0 aliphatic heterocycles. The van der Waals surface area contributed by atoms with Gasteiger partial charge in [-0.2, -0.15) is 0 Å². The average Bonchev–Trinajstić information content (AvgIpc) is 2.08. The summed E-state index contributed by atoms with van der Waals surface area (Å²) in [6.07, 6.45) is 2.57. The van der Waals surface area contributed by atoms with Crippen molar-refractivity contribution in [2.24, 2.45) is 5.92 Å². The van der Waals surface area contributed by atoms with Gasteiger partial charge in [-0.3, -0.25) is 0 Å². The van der Waals surface area contributed by atoms with Crippen LogP contribution >= 0.6 is 0 Å². The van der Waals surface area contributed by atoms with Gasteiger partial charge >= 0.3 is 0 Å². The van der Waals surface area contributed by atoms with E-state index in [1.807, 2.05) is 13.8 Å². The third-order valence-electron chi connectivity index (χ3n) is 1.70. The van der Waals surface area contributed by atoms with Crippen LogP contribution in [0.1, 0.15) is 54.4 Å². The number of nitrogens with zero attached hydrogens (tertiary/aromatic N) is 1. The Labute approximate surface area is 85.5 Å². The van der Waals surface area contributed by atoms with Crippen LogP contribution in [0.3, 0.4) is 0 Å². The maximum Gasteiger partial charge on any atom is 0.000438 e. The van der Waals surface area contributed by atoms with Gasteiger partial charge in [0.15, 0.2) is 0 Å². The van der Waals surface area contributed by atoms with Gasteiger partial charge in [0.2, 0.25) is 0 Å². The van der Waals surface area contributed by atoms with Gasteiger partial charge in [0.25, 0.3) is 0 Å². The molecule has 1 nitrogen and oxygen atoms in total. The molecule has 0 saturated carbocycles. The van der Waals surface area contributed by atoms with Crippen molar-refractivity contribution in [3.8, 4) is 0 Å². The van der Waals surface area contributed by atoms with Gasteiger partial charge in [-0.05, 0) is 31.8 Å². The molecule has 0 aromatic heterocycles. The van der Waals surface area contributed by atoms with Crippen LogP contribution in [0.5, 0.6) is 0 Å². The van der Waals surface area contributed by atoms with E-state index in [2.05, 4.69) is 32.6 Å². The van der Waals surface area contributed by atoms with Gasteiger partial charge in [-0.25, -0.2) is 0 Å². The summed E-state index contributed by atoms with van der Waals surface area (Å²) in [5.41, 5.74) is 0. The minimum Gasteiger partial charge on any atom is -0.303 e. The first kappa shape index (κ1) is 15.4. The first-order valence-corrected chi connectivity index (χ1v) is 5.93. The molecule has 1 heteroatoms. The summed E-state index contributed by atoms with van der Waals surface area (Å²) in [7, 11) is 0. The summed E-state index contributed by atoms with van der Waals surface area (Å²) in [6, 6.07) is 0. The van der Waals surface area contributed by atoms with Crippen LogP contribution in [0.2, 0.25) is 0 Å². The molecule has 0 atom stereocenters. The number of hydrogen-bond donors (Lipinski definition) is 0. The highest BCUT2D eigenvalue weighted by molar-refractivity contribution is 4.58. The lowest BCUT2D eigenvalue weighted by molar-refractivity contribution is 0.245. The van der Waals surface area contributed by atoms with Crippen molar-refractivity contribution < 1.29 is 0 Å². The predicted molar refractivity (Wildman–Crippen MR) is 63.2 cm³/mol. The predicted octanol–water partition coefficient (Wildman–Crippen LogP) is 3.79. The molecule has 0 N–H and O–H groups in total. The molecule has 0 fully saturated rings. The monoisotopic (exact) mass is 187 g/mol. The average molecular weight is 187 g/mol. The zero-order valence-electron chi connectivity index (χ0n) is 10.6. The molecule has 0 radical (unpaired) electrons. The van der Waals surface area contributed by atoms with Crippen molar-refractivity contribution in [3.63, 3.8) is 0 Å². The van der Waals surface area contributed by atoms with Crippen LogP contribution in [0, 0.1) is 5.92 Å². The Morgan fingerprint density at radius 2 is 1.31 bits per heavy atom. The fourth-order valence-electron chi connectivity index (χ4n) is 1.44. The quantitative estimate of drug-likeness (QED) is 0.611. The molecule has 0 unspecified atom stereocenters. The SMILES string of the molecule is CC.CCCN(CCC)CC(C)C. The molecule has 0 spiro atoms. The minimum absolute atomic E-state index is 0.813. The Kier molecular flexibility index (Phi) is 14.2. The zero-order chi connectivity index (χ0) is 10.7. The maximum absolute atomic E-state index is 2.56. The van der Waals surface area contributed by atoms with Gasteiger partial charge in [-0.1, -0.05) is 41.5 Å². The molecule has 0 amide bonds. The zero-order valence-corrected chi connectivity index (χ0v) is 10.6. The van der Waals surface area contributed by atoms with E-state index in [1.165, 1.54) is 32.5 Å². The fraction of sp³-hybridized carbons (Fsp3) is 1.00. The lowest BCUT2D eigenvalue weighted by Gasteiger charge is -2.22. The minimum atomic E-state index is 0.813. The van der Waals surface area contributed by atoms with Crippen molar-refractivity contribution >= 4 is 0 Å². The van der Waals surface area contributed by atoms with E-state index in [0.29, 0.717) is 0 Å². The van der Waals surface area contributed by atoms with Gasteiger partial charge in [-0.15, -0.1) is 0 Å². The van der Waals surface area contributed by atoms with Crippen LogP contribution in [0.25, 0.3) is 0 Å². The lowest BCUT2D eigenvalue weighted by atomic mass is 10.2. The molecule has 82 valence electrons. The van der Waals surface area contributed by atoms with Crippen molar-refractivity contribution in [1.29, 1.82) is 0 Å². The van der Waals surface area contributed by atoms with Crippen molar-refractivity contribution in [3.05, 3.63) is 0 Å². The summed E-state index contributed by atoms with van der Waals surface area (Å²) in [5, 5.41) is 0. The maximum atomic E-state index is 2.56. The molecule has 0 saturated heterocycles. The lowest BCUT2D eigenvalue weighted by Crippen LogP contribution is -2.29. The molecule has 0 aromatic rings. The summed E-state index contributed by atoms with van der Waals surface area (Å²) in [4.78, 5) is 2.56. The van der Waals surface area contributed by atoms with E-state index < -0.39 is 0 Å². The van der Waals surface area contributed by atoms with E-state index in [1.54, 1.807) is 0 Å². The molecule has 0 aromatic carbocycles. The Morgan fingerprint density at radius 1 is 0.923 bits per heavy atom. The largest absolute Gasteiger partial charge is 0.303 e. The van der Waals surface area contributed by atoms with Gasteiger partial charge in [0, 0.05) is 6.54 Å². The van der Waals surface area contributed by atoms with E-state index in [0.717, 1.165) is 5.92 Å². The van der Waals surface area contributed by atoms with Gasteiger partial charge < -0.3 is 4.90 Å². The Bertz CT molecular complexity index is 73.2. The molecule has 0 aliphatic carbocycles. The van der Waals surface area contributed by atoms with E-state index in [9.17, 15) is 0 Å². The summed E-state index contributed by atoms with van der Waals surface area (Å²) in [5.74, 6) is 0.813. The first-order chi connectivity index (χ1) is 6.20. The highest BCUT2D eigenvalue weighted by Crippen LogP contribution is 2.00. The van der Waals surface area contributed by atoms with Crippen LogP contribution in [0.4, 0.5) is 0 Å². The van der Waals surface area contributed by atoms with Crippen LogP contribution in [-0.2, 0) is 0 Å². The summed E-state index contributed by atoms with van der Waals surface area (Å²) < 4.78 is 0. The smallest absolute Gasteiger partial charge is 0.000438 e. The van der Waals surface area contributed by atoms with Crippen molar-refractivity contribution in [2.75, 3.05) is 19.6 Å². The Hall–Kier alpha value is -0.0400. The standard InChI is InChI=1S/C10H23N.C2H6/c1-5-7-11(8-6-2)9-10(3)4;1-2/h10H,5-9H2,1-4H3;1-2H3. The topological polar surface area (TPSA) is 3.24 Å². The number of rotatable bonds is 6. The molecule has 13 heavy (non-hydrogen) atoms. The van der Waals surface area contributed by atoms with E-state index in [4.69, 9.17) is 0 Å². The summed E-state index contributed by atoms with van der Waals surface area (Å²) in [6.45, 7) is 16.9. The van der Waals surface area contributed by atoms with Crippen molar-refractivity contribution in [1.82, 2.24) is 4.90 Å². The third-order valence-corrected chi connectivity index (χ3v) is 1.70. The van der Waals surface area contributed by atoms with E-state index in [-0.39, 0.29) is 0 Å². The Balaban J connectivity index is 0. The fourth-order valence-corrected chi connectivity index (χ4v) is 1.44. The third kappa shape index (κ3) is 12.0. The second-order valence-corrected chi connectivity index (χ2v) is 3.69. The van der Waals surface area contributed by atoms with E-state index >= 15 is 0 Å². The summed E-state index contributed by atoms with van der Waals surface area (Å²) >= 11 is 0. The second kappa shape index (κ2) is 12.0. The molecule has 0 bridgehead atoms. The molecule has 0 rings (SSSR count). The first-order valence-electron chi connectivity index (χ1n) is 5.93. The highest BCUT2D eigenvalue weighted by Gasteiger charge is 2.03.